The third-order valence-corrected chi connectivity index (χ3v) is 3.24. The number of rotatable bonds is 6. The first kappa shape index (κ1) is 18.3. The highest BCUT2D eigenvalue weighted by Gasteiger charge is 2.12. The first-order valence-corrected chi connectivity index (χ1v) is 7.92. The minimum absolute atomic E-state index is 0.310. The van der Waals surface area contributed by atoms with E-state index in [1.54, 1.807) is 42.7 Å². The van der Waals surface area contributed by atoms with Gasteiger partial charge in [-0.3, -0.25) is 10.4 Å². The van der Waals surface area contributed by atoms with Crippen molar-refractivity contribution in [3.05, 3.63) is 53.9 Å². The summed E-state index contributed by atoms with van der Waals surface area (Å²) in [5.74, 6) is 0.213. The molecule has 7 nitrogen and oxygen atoms in total. The Hall–Kier alpha value is -3.00. The van der Waals surface area contributed by atoms with Gasteiger partial charge in [-0.2, -0.15) is 5.10 Å². The molecule has 2 aromatic rings. The normalized spacial score (nSPS) is 10.3. The molecular formula is C17H18N4O3S. The summed E-state index contributed by atoms with van der Waals surface area (Å²) >= 11 is 5.01. The quantitative estimate of drug-likeness (QED) is 0.269. The van der Waals surface area contributed by atoms with Gasteiger partial charge >= 0.3 is 5.97 Å². The van der Waals surface area contributed by atoms with Gasteiger partial charge < -0.3 is 14.8 Å². The molecule has 0 fully saturated rings. The Labute approximate surface area is 151 Å². The summed E-state index contributed by atoms with van der Waals surface area (Å²) in [7, 11) is 1.50. The van der Waals surface area contributed by atoms with E-state index in [4.69, 9.17) is 21.7 Å². The van der Waals surface area contributed by atoms with E-state index in [0.717, 1.165) is 5.56 Å². The number of hydrogen-bond donors (Lipinski definition) is 2. The maximum atomic E-state index is 12.1. The van der Waals surface area contributed by atoms with Gasteiger partial charge in [0.2, 0.25) is 0 Å². The smallest absolute Gasteiger partial charge is 0.345 e. The molecular weight excluding hydrogens is 340 g/mol. The molecule has 0 saturated carbocycles. The fourth-order valence-electron chi connectivity index (χ4n) is 1.86. The van der Waals surface area contributed by atoms with E-state index in [-0.39, 0.29) is 0 Å². The van der Waals surface area contributed by atoms with Gasteiger partial charge in [0, 0.05) is 18.9 Å². The molecule has 8 heteroatoms. The second-order valence-electron chi connectivity index (χ2n) is 4.77. The number of hydrazone groups is 1. The van der Waals surface area contributed by atoms with E-state index in [0.29, 0.717) is 28.7 Å². The lowest BCUT2D eigenvalue weighted by Gasteiger charge is -2.10. The number of ether oxygens (including phenoxy) is 2. The van der Waals surface area contributed by atoms with Gasteiger partial charge in [0.05, 0.1) is 18.9 Å². The molecule has 2 rings (SSSR count). The first-order chi connectivity index (χ1) is 12.1. The largest absolute Gasteiger partial charge is 0.493 e. The molecule has 130 valence electrons. The van der Waals surface area contributed by atoms with Crippen LogP contribution in [0.4, 0.5) is 0 Å². The zero-order valence-corrected chi connectivity index (χ0v) is 14.7. The summed E-state index contributed by atoms with van der Waals surface area (Å²) in [6.07, 6.45) is 4.61. The van der Waals surface area contributed by atoms with Gasteiger partial charge in [-0.1, -0.05) is 0 Å². The van der Waals surface area contributed by atoms with Gasteiger partial charge in [-0.15, -0.1) is 0 Å². The number of hydrogen-bond acceptors (Lipinski definition) is 6. The Morgan fingerprint density at radius 1 is 1.36 bits per heavy atom. The number of esters is 1. The summed E-state index contributed by atoms with van der Waals surface area (Å²) in [6, 6.07) is 8.38. The molecule has 0 aliphatic heterocycles. The topological polar surface area (TPSA) is 84.8 Å². The number of methoxy groups -OCH3 is 1. The van der Waals surface area contributed by atoms with Gasteiger partial charge in [-0.25, -0.2) is 4.79 Å². The maximum absolute atomic E-state index is 12.1. The molecule has 0 amide bonds. The average molecular weight is 358 g/mol. The van der Waals surface area contributed by atoms with Crippen molar-refractivity contribution in [2.75, 3.05) is 13.7 Å². The standard InChI is InChI=1S/C17H18N4O3S/c1-3-19-17(25)21-20-10-12-6-7-14(15(9-12)23-2)24-16(22)13-5-4-8-18-11-13/h4-11H,3H2,1-2H3,(H2,19,21,25)/b20-10-. The van der Waals surface area contributed by atoms with Crippen LogP contribution in [0, 0.1) is 0 Å². The Bertz CT molecular complexity index is 766. The minimum atomic E-state index is -0.509. The molecule has 0 radical (unpaired) electrons. The monoisotopic (exact) mass is 358 g/mol. The number of nitrogens with one attached hydrogen (secondary N) is 2. The van der Waals surface area contributed by atoms with Crippen LogP contribution in [0.25, 0.3) is 0 Å². The van der Waals surface area contributed by atoms with Crippen molar-refractivity contribution >= 4 is 29.5 Å². The molecule has 0 saturated heterocycles. The fraction of sp³-hybridized carbons (Fsp3) is 0.176. The van der Waals surface area contributed by atoms with Crippen LogP contribution < -0.4 is 20.2 Å². The second kappa shape index (κ2) is 9.33. The fourth-order valence-corrected chi connectivity index (χ4v) is 2.05. The third kappa shape index (κ3) is 5.54. The van der Waals surface area contributed by atoms with E-state index in [9.17, 15) is 4.79 Å². The lowest BCUT2D eigenvalue weighted by molar-refractivity contribution is 0.0729. The summed E-state index contributed by atoms with van der Waals surface area (Å²) in [5, 5.41) is 7.38. The second-order valence-corrected chi connectivity index (χ2v) is 5.18. The van der Waals surface area contributed by atoms with Crippen molar-refractivity contribution in [2.45, 2.75) is 6.92 Å². The molecule has 0 atom stereocenters. The van der Waals surface area contributed by atoms with Crippen LogP contribution >= 0.6 is 12.2 Å². The Balaban J connectivity index is 2.07. The van der Waals surface area contributed by atoms with E-state index in [2.05, 4.69) is 20.8 Å². The highest BCUT2D eigenvalue weighted by Crippen LogP contribution is 2.28. The number of carbonyl (C=O) groups excluding carboxylic acids is 1. The van der Waals surface area contributed by atoms with Gasteiger partial charge in [0.15, 0.2) is 16.6 Å². The lowest BCUT2D eigenvalue weighted by atomic mass is 10.2. The SMILES string of the molecule is CCNC(=S)N/N=C\c1ccc(OC(=O)c2cccnc2)c(OC)c1. The zero-order chi connectivity index (χ0) is 18.1. The average Bonchev–Trinajstić information content (AvgIpc) is 2.63. The number of nitrogens with zero attached hydrogens (tertiary/aromatic N) is 2. The summed E-state index contributed by atoms with van der Waals surface area (Å²) < 4.78 is 10.6. The van der Waals surface area contributed by atoms with Crippen LogP contribution in [-0.4, -0.2) is 35.9 Å². The molecule has 1 aromatic carbocycles. The molecule has 1 aromatic heterocycles. The molecule has 0 bridgehead atoms. The predicted octanol–water partition coefficient (Wildman–Crippen LogP) is 2.13. The number of thiocarbonyl (C=S) groups is 1. The third-order valence-electron chi connectivity index (χ3n) is 3.00. The summed E-state index contributed by atoms with van der Waals surface area (Å²) in [6.45, 7) is 2.65. The van der Waals surface area contributed by atoms with E-state index >= 15 is 0 Å². The van der Waals surface area contributed by atoms with Crippen LogP contribution in [0.5, 0.6) is 11.5 Å². The van der Waals surface area contributed by atoms with Crippen molar-refractivity contribution in [1.82, 2.24) is 15.7 Å². The van der Waals surface area contributed by atoms with Crippen LogP contribution in [0.3, 0.4) is 0 Å². The van der Waals surface area contributed by atoms with E-state index in [1.165, 1.54) is 13.3 Å². The molecule has 0 unspecified atom stereocenters. The molecule has 0 spiro atoms. The molecule has 2 N–H and O–H groups in total. The molecule has 0 aliphatic rings. The van der Waals surface area contributed by atoms with Crippen molar-refractivity contribution in [2.24, 2.45) is 5.10 Å². The van der Waals surface area contributed by atoms with Crippen molar-refractivity contribution in [3.63, 3.8) is 0 Å². The molecule has 1 heterocycles. The van der Waals surface area contributed by atoms with Crippen molar-refractivity contribution in [1.29, 1.82) is 0 Å². The van der Waals surface area contributed by atoms with Crippen molar-refractivity contribution < 1.29 is 14.3 Å². The first-order valence-electron chi connectivity index (χ1n) is 7.51. The number of aromatic nitrogens is 1. The van der Waals surface area contributed by atoms with Crippen LogP contribution in [0.15, 0.2) is 47.8 Å². The van der Waals surface area contributed by atoms with E-state index < -0.39 is 5.97 Å². The predicted molar refractivity (Wildman–Crippen MR) is 99.2 cm³/mol. The number of pyridine rings is 1. The zero-order valence-electron chi connectivity index (χ0n) is 13.9. The van der Waals surface area contributed by atoms with Crippen molar-refractivity contribution in [3.8, 4) is 11.5 Å². The highest BCUT2D eigenvalue weighted by atomic mass is 32.1. The maximum Gasteiger partial charge on any atom is 0.345 e. The number of benzene rings is 1. The minimum Gasteiger partial charge on any atom is -0.493 e. The Kier molecular flexibility index (Phi) is 6.85. The van der Waals surface area contributed by atoms with Gasteiger partial charge in [0.25, 0.3) is 0 Å². The Morgan fingerprint density at radius 2 is 2.20 bits per heavy atom. The van der Waals surface area contributed by atoms with Crippen LogP contribution in [-0.2, 0) is 0 Å². The lowest BCUT2D eigenvalue weighted by Crippen LogP contribution is -2.31. The van der Waals surface area contributed by atoms with Crippen LogP contribution in [0.1, 0.15) is 22.8 Å². The molecule has 25 heavy (non-hydrogen) atoms. The molecule has 0 aliphatic carbocycles. The summed E-state index contributed by atoms with van der Waals surface area (Å²) in [5.41, 5.74) is 3.81. The highest BCUT2D eigenvalue weighted by molar-refractivity contribution is 7.80. The number of carbonyl (C=O) groups is 1. The van der Waals surface area contributed by atoms with Gasteiger partial charge in [-0.05, 0) is 55.0 Å². The van der Waals surface area contributed by atoms with E-state index in [1.807, 2.05) is 6.92 Å². The summed E-state index contributed by atoms with van der Waals surface area (Å²) in [4.78, 5) is 16.0. The van der Waals surface area contributed by atoms with Gasteiger partial charge in [0.1, 0.15) is 0 Å². The van der Waals surface area contributed by atoms with Crippen LogP contribution in [0.2, 0.25) is 0 Å². The Morgan fingerprint density at radius 3 is 2.88 bits per heavy atom.